The minimum Gasteiger partial charge on any atom is -0.359 e. The van der Waals surface area contributed by atoms with E-state index in [1.807, 2.05) is 54.6 Å². The van der Waals surface area contributed by atoms with Gasteiger partial charge in [-0.05, 0) is 36.2 Å². The van der Waals surface area contributed by atoms with Crippen molar-refractivity contribution < 1.29 is 9.59 Å². The lowest BCUT2D eigenvalue weighted by atomic mass is 10.2. The zero-order valence-electron chi connectivity index (χ0n) is 15.1. The fourth-order valence-corrected chi connectivity index (χ4v) is 2.68. The van der Waals surface area contributed by atoms with Gasteiger partial charge in [-0.15, -0.1) is 0 Å². The maximum absolute atomic E-state index is 13.0. The van der Waals surface area contributed by atoms with E-state index in [2.05, 4.69) is 5.32 Å². The van der Waals surface area contributed by atoms with Gasteiger partial charge in [-0.25, -0.2) is 4.79 Å². The van der Waals surface area contributed by atoms with Crippen molar-refractivity contribution in [3.05, 3.63) is 65.2 Å². The van der Waals surface area contributed by atoms with Crippen LogP contribution in [0.4, 0.5) is 10.5 Å². The first-order valence-corrected chi connectivity index (χ1v) is 8.91. The number of para-hydroxylation sites is 1. The third-order valence-corrected chi connectivity index (χ3v) is 4.31. The molecule has 0 atom stereocenters. The molecule has 2 aromatic rings. The van der Waals surface area contributed by atoms with Crippen LogP contribution in [0.3, 0.4) is 0 Å². The monoisotopic (exact) mass is 373 g/mol. The number of benzene rings is 2. The lowest BCUT2D eigenvalue weighted by Gasteiger charge is -2.28. The lowest BCUT2D eigenvalue weighted by molar-refractivity contribution is -0.120. The first-order valence-electron chi connectivity index (χ1n) is 8.54. The molecule has 2 aromatic carbocycles. The highest BCUT2D eigenvalue weighted by Crippen LogP contribution is 2.20. The molecule has 26 heavy (non-hydrogen) atoms. The van der Waals surface area contributed by atoms with Gasteiger partial charge in [-0.2, -0.15) is 0 Å². The second kappa shape index (κ2) is 9.82. The highest BCUT2D eigenvalue weighted by molar-refractivity contribution is 6.30. The Hall–Kier alpha value is -2.53. The van der Waals surface area contributed by atoms with Crippen LogP contribution in [-0.2, 0) is 11.3 Å². The predicted molar refractivity (Wildman–Crippen MR) is 105 cm³/mol. The number of hydrogen-bond acceptors (Lipinski definition) is 2. The van der Waals surface area contributed by atoms with Crippen LogP contribution in [-0.4, -0.2) is 37.5 Å². The molecule has 0 unspecified atom stereocenters. The standard InChI is InChI=1S/C20H24ClN3O2/c1-22-19(25)9-6-14-23(2)20(26)24(18-7-4-3-5-8-18)15-16-10-12-17(21)13-11-16/h3-5,7-8,10-13H,6,9,14-15H2,1-2H3,(H,22,25). The third-order valence-electron chi connectivity index (χ3n) is 4.06. The topological polar surface area (TPSA) is 52.7 Å². The second-order valence-corrected chi connectivity index (χ2v) is 6.47. The molecular weight excluding hydrogens is 350 g/mol. The van der Waals surface area contributed by atoms with Gasteiger partial charge in [0, 0.05) is 37.8 Å². The molecule has 0 saturated heterocycles. The molecule has 0 bridgehead atoms. The van der Waals surface area contributed by atoms with Gasteiger partial charge in [-0.1, -0.05) is 41.9 Å². The Kier molecular flexibility index (Phi) is 7.48. The van der Waals surface area contributed by atoms with Crippen LogP contribution in [0.5, 0.6) is 0 Å². The van der Waals surface area contributed by atoms with Gasteiger partial charge in [0.05, 0.1) is 6.54 Å². The quantitative estimate of drug-likeness (QED) is 0.799. The van der Waals surface area contributed by atoms with E-state index in [4.69, 9.17) is 11.6 Å². The lowest BCUT2D eigenvalue weighted by Crippen LogP contribution is -2.41. The van der Waals surface area contributed by atoms with Crippen molar-refractivity contribution in [2.24, 2.45) is 0 Å². The van der Waals surface area contributed by atoms with E-state index in [0.717, 1.165) is 11.3 Å². The molecule has 6 heteroatoms. The Morgan fingerprint density at radius 2 is 1.69 bits per heavy atom. The summed E-state index contributed by atoms with van der Waals surface area (Å²) in [4.78, 5) is 27.7. The summed E-state index contributed by atoms with van der Waals surface area (Å²) < 4.78 is 0. The van der Waals surface area contributed by atoms with E-state index in [-0.39, 0.29) is 11.9 Å². The average molecular weight is 374 g/mol. The zero-order chi connectivity index (χ0) is 18.9. The number of urea groups is 1. The molecule has 0 radical (unpaired) electrons. The van der Waals surface area contributed by atoms with Crippen LogP contribution < -0.4 is 10.2 Å². The minimum atomic E-state index is -0.108. The molecule has 2 rings (SSSR count). The molecule has 5 nitrogen and oxygen atoms in total. The molecule has 0 spiro atoms. The Balaban J connectivity index is 2.11. The maximum atomic E-state index is 13.0. The van der Waals surface area contributed by atoms with Crippen molar-refractivity contribution in [3.63, 3.8) is 0 Å². The summed E-state index contributed by atoms with van der Waals surface area (Å²) in [5.41, 5.74) is 1.82. The van der Waals surface area contributed by atoms with Crippen molar-refractivity contribution in [3.8, 4) is 0 Å². The van der Waals surface area contributed by atoms with Gasteiger partial charge >= 0.3 is 6.03 Å². The molecule has 0 aliphatic carbocycles. The van der Waals surface area contributed by atoms with E-state index < -0.39 is 0 Å². The number of carbonyl (C=O) groups is 2. The average Bonchev–Trinajstić information content (AvgIpc) is 2.67. The molecule has 0 aliphatic heterocycles. The van der Waals surface area contributed by atoms with Crippen molar-refractivity contribution in [1.82, 2.24) is 10.2 Å². The molecule has 0 aromatic heterocycles. The molecule has 0 aliphatic rings. The Morgan fingerprint density at radius 3 is 2.31 bits per heavy atom. The van der Waals surface area contributed by atoms with Crippen molar-refractivity contribution >= 4 is 29.2 Å². The summed E-state index contributed by atoms with van der Waals surface area (Å²) in [7, 11) is 3.37. The number of amides is 3. The van der Waals surface area contributed by atoms with Gasteiger partial charge in [0.1, 0.15) is 0 Å². The number of hydrogen-bond donors (Lipinski definition) is 1. The van der Waals surface area contributed by atoms with E-state index in [9.17, 15) is 9.59 Å². The molecule has 138 valence electrons. The number of nitrogens with zero attached hydrogens (tertiary/aromatic N) is 2. The van der Waals surface area contributed by atoms with Gasteiger partial charge in [0.2, 0.25) is 5.91 Å². The smallest absolute Gasteiger partial charge is 0.324 e. The van der Waals surface area contributed by atoms with Crippen LogP contribution in [0.25, 0.3) is 0 Å². The van der Waals surface area contributed by atoms with E-state index in [1.54, 1.807) is 23.9 Å². The fraction of sp³-hybridized carbons (Fsp3) is 0.300. The van der Waals surface area contributed by atoms with Crippen LogP contribution in [0.1, 0.15) is 18.4 Å². The summed E-state index contributed by atoms with van der Waals surface area (Å²) in [5.74, 6) is -0.0214. The number of nitrogens with one attached hydrogen (secondary N) is 1. The van der Waals surface area contributed by atoms with Gasteiger partial charge in [-0.3, -0.25) is 9.69 Å². The Bertz CT molecular complexity index is 720. The SMILES string of the molecule is CNC(=O)CCCN(C)C(=O)N(Cc1ccc(Cl)cc1)c1ccccc1. The van der Waals surface area contributed by atoms with Crippen molar-refractivity contribution in [2.75, 3.05) is 25.5 Å². The molecule has 3 amide bonds. The van der Waals surface area contributed by atoms with Gasteiger partial charge in [0.15, 0.2) is 0 Å². The molecule has 1 N–H and O–H groups in total. The predicted octanol–water partition coefficient (Wildman–Crippen LogP) is 3.92. The zero-order valence-corrected chi connectivity index (χ0v) is 15.9. The van der Waals surface area contributed by atoms with E-state index >= 15 is 0 Å². The summed E-state index contributed by atoms with van der Waals surface area (Å²) in [5, 5.41) is 3.25. The highest BCUT2D eigenvalue weighted by Gasteiger charge is 2.20. The number of halogens is 1. The Labute approximate surface area is 159 Å². The first-order chi connectivity index (χ1) is 12.5. The first kappa shape index (κ1) is 19.8. The number of carbonyl (C=O) groups excluding carboxylic acids is 2. The number of rotatable bonds is 7. The Morgan fingerprint density at radius 1 is 1.04 bits per heavy atom. The summed E-state index contributed by atoms with van der Waals surface area (Å²) in [6, 6.07) is 16.9. The van der Waals surface area contributed by atoms with Crippen LogP contribution in [0, 0.1) is 0 Å². The van der Waals surface area contributed by atoms with E-state index in [1.165, 1.54) is 0 Å². The third kappa shape index (κ3) is 5.77. The van der Waals surface area contributed by atoms with Gasteiger partial charge < -0.3 is 10.2 Å². The summed E-state index contributed by atoms with van der Waals surface area (Å²) in [6.45, 7) is 0.954. The highest BCUT2D eigenvalue weighted by atomic mass is 35.5. The summed E-state index contributed by atoms with van der Waals surface area (Å²) in [6.07, 6.45) is 1.02. The maximum Gasteiger partial charge on any atom is 0.324 e. The molecule has 0 fully saturated rings. The second-order valence-electron chi connectivity index (χ2n) is 6.03. The minimum absolute atomic E-state index is 0.0214. The van der Waals surface area contributed by atoms with Crippen molar-refractivity contribution in [1.29, 1.82) is 0 Å². The summed E-state index contributed by atoms with van der Waals surface area (Å²) >= 11 is 5.95. The van der Waals surface area contributed by atoms with Gasteiger partial charge in [0.25, 0.3) is 0 Å². The fourth-order valence-electron chi connectivity index (χ4n) is 2.55. The van der Waals surface area contributed by atoms with E-state index in [0.29, 0.717) is 31.0 Å². The van der Waals surface area contributed by atoms with Crippen molar-refractivity contribution in [2.45, 2.75) is 19.4 Å². The largest absolute Gasteiger partial charge is 0.359 e. The van der Waals surface area contributed by atoms with Crippen LogP contribution in [0.15, 0.2) is 54.6 Å². The molecular formula is C20H24ClN3O2. The van der Waals surface area contributed by atoms with Crippen LogP contribution in [0.2, 0.25) is 5.02 Å². The molecule has 0 saturated carbocycles. The molecule has 0 heterocycles. The van der Waals surface area contributed by atoms with Crippen LogP contribution >= 0.6 is 11.6 Å². The normalized spacial score (nSPS) is 10.3. The number of anilines is 1.